The number of hydrogen-bond donors (Lipinski definition) is 2. The highest BCUT2D eigenvalue weighted by Crippen LogP contribution is 2.41. The summed E-state index contributed by atoms with van der Waals surface area (Å²) in [5, 5.41) is 15.2. The van der Waals surface area contributed by atoms with E-state index in [1.807, 2.05) is 62.3 Å². The first-order chi connectivity index (χ1) is 26.2. The van der Waals surface area contributed by atoms with Gasteiger partial charge in [0.25, 0.3) is 5.67 Å². The number of cyclic esters (lactones) is 1. The van der Waals surface area contributed by atoms with Crippen LogP contribution in [0.15, 0.2) is 42.6 Å². The van der Waals surface area contributed by atoms with Crippen molar-refractivity contribution in [1.82, 2.24) is 15.2 Å². The summed E-state index contributed by atoms with van der Waals surface area (Å²) in [5.74, 6) is -5.92. The summed E-state index contributed by atoms with van der Waals surface area (Å²) >= 11 is 0. The lowest BCUT2D eigenvalue weighted by molar-refractivity contribution is -0.297. The van der Waals surface area contributed by atoms with Crippen LogP contribution in [-0.4, -0.2) is 119 Å². The van der Waals surface area contributed by atoms with Gasteiger partial charge in [-0.25, -0.2) is 14.0 Å². The number of alkyl halides is 1. The molecule has 3 fully saturated rings. The molecule has 0 aliphatic carbocycles. The third-order valence-electron chi connectivity index (χ3n) is 11.9. The minimum absolute atomic E-state index is 0.0265. The van der Waals surface area contributed by atoms with Gasteiger partial charge in [0, 0.05) is 35.4 Å². The zero-order valence-electron chi connectivity index (χ0n) is 34.1. The Bertz CT molecular complexity index is 1800. The monoisotopic (exact) mass is 783 g/mol. The third kappa shape index (κ3) is 8.69. The van der Waals surface area contributed by atoms with Crippen molar-refractivity contribution in [2.45, 2.75) is 134 Å². The Morgan fingerprint density at radius 2 is 1.79 bits per heavy atom. The van der Waals surface area contributed by atoms with Gasteiger partial charge in [-0.3, -0.25) is 14.6 Å². The van der Waals surface area contributed by atoms with Crippen LogP contribution >= 0.6 is 0 Å². The Kier molecular flexibility index (Phi) is 13.1. The number of fused-ring (bicyclic) bond motifs is 2. The van der Waals surface area contributed by atoms with Crippen molar-refractivity contribution in [1.29, 1.82) is 0 Å². The highest BCUT2D eigenvalue weighted by molar-refractivity contribution is 6.08. The molecule has 13 nitrogen and oxygen atoms in total. The van der Waals surface area contributed by atoms with Crippen LogP contribution in [0.3, 0.4) is 0 Å². The van der Waals surface area contributed by atoms with Crippen LogP contribution < -0.4 is 5.32 Å². The molecule has 13 atom stereocenters. The molecule has 0 unspecified atom stereocenters. The summed E-state index contributed by atoms with van der Waals surface area (Å²) in [5.41, 5.74) is -4.56. The van der Waals surface area contributed by atoms with E-state index in [4.69, 9.17) is 23.7 Å². The number of amides is 1. The minimum atomic E-state index is -3.19. The molecule has 3 aliphatic heterocycles. The van der Waals surface area contributed by atoms with E-state index >= 15 is 4.39 Å². The number of aromatic nitrogens is 1. The highest BCUT2D eigenvalue weighted by atomic mass is 19.1. The van der Waals surface area contributed by atoms with Gasteiger partial charge in [0.1, 0.15) is 18.0 Å². The van der Waals surface area contributed by atoms with Crippen LogP contribution in [0.2, 0.25) is 0 Å². The average Bonchev–Trinajstić information content (AvgIpc) is 3.47. The summed E-state index contributed by atoms with van der Waals surface area (Å²) in [7, 11) is 3.65. The largest absolute Gasteiger partial charge is 0.455 e. The average molecular weight is 784 g/mol. The molecular formula is C42H58FN3O10. The second-order valence-corrected chi connectivity index (χ2v) is 16.6. The lowest BCUT2D eigenvalue weighted by Crippen LogP contribution is -2.61. The van der Waals surface area contributed by atoms with E-state index in [1.54, 1.807) is 40.0 Å². The number of likely N-dealkylation sites (N-methyl/N-ethyl adjacent to an activating group) is 1. The number of halogens is 1. The maximum absolute atomic E-state index is 16.9. The van der Waals surface area contributed by atoms with Gasteiger partial charge in [0.05, 0.1) is 36.0 Å². The zero-order valence-corrected chi connectivity index (χ0v) is 34.1. The predicted molar refractivity (Wildman–Crippen MR) is 206 cm³/mol. The third-order valence-corrected chi connectivity index (χ3v) is 11.9. The van der Waals surface area contributed by atoms with Crippen LogP contribution in [0, 0.1) is 17.8 Å². The van der Waals surface area contributed by atoms with Gasteiger partial charge in [0.15, 0.2) is 17.7 Å². The lowest BCUT2D eigenvalue weighted by atomic mass is 9.73. The highest BCUT2D eigenvalue weighted by Gasteiger charge is 2.59. The van der Waals surface area contributed by atoms with Crippen molar-refractivity contribution in [3.05, 3.63) is 48.2 Å². The van der Waals surface area contributed by atoms with E-state index < -0.39 is 83.1 Å². The molecule has 2 aromatic rings. The van der Waals surface area contributed by atoms with E-state index in [-0.39, 0.29) is 37.4 Å². The number of carbonyl (C=O) groups is 4. The number of aliphatic hydroxyl groups excluding tert-OH is 1. The van der Waals surface area contributed by atoms with Crippen LogP contribution in [0.5, 0.6) is 0 Å². The molecule has 4 heterocycles. The topological polar surface area (TPSA) is 163 Å². The van der Waals surface area contributed by atoms with Gasteiger partial charge in [-0.05, 0) is 84.8 Å². The van der Waals surface area contributed by atoms with Gasteiger partial charge in [0.2, 0.25) is 0 Å². The number of Topliss-reactive ketones (excluding diaryl/α,β-unsaturated/α-hetero) is 2. The van der Waals surface area contributed by atoms with Crippen LogP contribution in [0.1, 0.15) is 80.2 Å². The molecule has 1 amide bonds. The normalized spacial score (nSPS) is 38.9. The van der Waals surface area contributed by atoms with E-state index in [0.29, 0.717) is 6.42 Å². The van der Waals surface area contributed by atoms with Crippen LogP contribution in [0.4, 0.5) is 9.18 Å². The molecule has 3 saturated heterocycles. The number of hydrogen-bond acceptors (Lipinski definition) is 12. The lowest BCUT2D eigenvalue weighted by Gasteiger charge is -2.47. The number of ether oxygens (including phenoxy) is 5. The number of benzene rings is 1. The molecule has 3 aliphatic rings. The van der Waals surface area contributed by atoms with Crippen molar-refractivity contribution < 1.29 is 52.4 Å². The molecule has 56 heavy (non-hydrogen) atoms. The fourth-order valence-corrected chi connectivity index (χ4v) is 8.75. The number of ketones is 2. The fourth-order valence-electron chi connectivity index (χ4n) is 8.75. The first kappa shape index (κ1) is 43.3. The smallest absolute Gasteiger partial charge is 0.408 e. The number of nitrogens with one attached hydrogen (secondary N) is 1. The van der Waals surface area contributed by atoms with Crippen molar-refractivity contribution >= 4 is 40.6 Å². The molecule has 0 bridgehead atoms. The van der Waals surface area contributed by atoms with Crippen molar-refractivity contribution in [2.75, 3.05) is 20.7 Å². The van der Waals surface area contributed by atoms with E-state index in [2.05, 4.69) is 10.3 Å². The number of rotatable bonds is 8. The van der Waals surface area contributed by atoms with Crippen LogP contribution in [-0.2, 0) is 38.1 Å². The molecule has 0 spiro atoms. The summed E-state index contributed by atoms with van der Waals surface area (Å²) in [6, 6.07) is 8.27. The Morgan fingerprint density at radius 1 is 1.07 bits per heavy atom. The number of pyridine rings is 1. The zero-order chi connectivity index (χ0) is 41.3. The molecule has 308 valence electrons. The SMILES string of the molecule is CC[C@H]1OC(=O)[C@@](C)(F)C(=O)[C@H](C)[C@@H](O[C@@H]2O[C@H](C)C[C@H](N(C)C)[C@H]2O)[C@](C)(OC/C=C/c2ccc3ncccc3c2)C[C@@H](C)C(=O)[C@@H](C)[C@@H]2NC(=O)O[C@]12C. The Morgan fingerprint density at radius 3 is 2.46 bits per heavy atom. The van der Waals surface area contributed by atoms with Gasteiger partial charge in [-0.1, -0.05) is 52.0 Å². The maximum atomic E-state index is 16.9. The molecule has 1 aromatic carbocycles. The van der Waals surface area contributed by atoms with E-state index in [9.17, 15) is 24.3 Å². The van der Waals surface area contributed by atoms with Crippen LogP contribution in [0.25, 0.3) is 17.0 Å². The molecular weight excluding hydrogens is 725 g/mol. The number of aliphatic hydroxyl groups is 1. The fraction of sp³-hybridized carbons (Fsp3) is 0.643. The quantitative estimate of drug-likeness (QED) is 0.266. The first-order valence-electron chi connectivity index (χ1n) is 19.5. The number of carbonyl (C=O) groups excluding carboxylic acids is 4. The second-order valence-electron chi connectivity index (χ2n) is 16.6. The number of alkyl carbamates (subject to hydrolysis) is 1. The minimum Gasteiger partial charge on any atom is -0.455 e. The second kappa shape index (κ2) is 17.0. The van der Waals surface area contributed by atoms with Gasteiger partial charge >= 0.3 is 12.1 Å². The molecule has 0 radical (unpaired) electrons. The molecule has 5 rings (SSSR count). The molecule has 14 heteroatoms. The summed E-state index contributed by atoms with van der Waals surface area (Å²) in [6.07, 6.45) is -0.294. The molecule has 1 aromatic heterocycles. The number of esters is 1. The molecule has 2 N–H and O–H groups in total. The Balaban J connectivity index is 1.58. The Labute approximate surface area is 328 Å². The Hall–Kier alpha value is -3.82. The van der Waals surface area contributed by atoms with Crippen molar-refractivity contribution in [2.24, 2.45) is 17.8 Å². The summed E-state index contributed by atoms with van der Waals surface area (Å²) < 4.78 is 47.6. The maximum Gasteiger partial charge on any atom is 0.408 e. The van der Waals surface area contributed by atoms with E-state index in [0.717, 1.165) is 23.4 Å². The van der Waals surface area contributed by atoms with Crippen molar-refractivity contribution in [3.63, 3.8) is 0 Å². The van der Waals surface area contributed by atoms with Gasteiger partial charge in [-0.15, -0.1) is 0 Å². The van der Waals surface area contributed by atoms with E-state index in [1.165, 1.54) is 13.8 Å². The number of nitrogens with zero attached hydrogens (tertiary/aromatic N) is 2. The molecule has 0 saturated carbocycles. The summed E-state index contributed by atoms with van der Waals surface area (Å²) in [4.78, 5) is 61.5. The standard InChI is InChI=1S/C42H58FN3O10/c1-11-31-42(8)34(45-39(51)56-42)25(4)32(47)23(2)22-40(6,52-19-13-14-27-16-17-29-28(21-27)15-12-18-44-29)36(26(5)35(49)41(7,43)38(50)54-31)55-37-33(48)30(46(9)10)20-24(3)53-37/h12-18,21,23-26,30-31,33-34,36-37,48H,11,19-20,22H2,1-10H3,(H,45,51)/b14-13+/t23-,24-,25-,26+,30+,31-,33-,34+,36-,37+,40-,41+,42-/m1/s1. The van der Waals surface area contributed by atoms with Gasteiger partial charge < -0.3 is 39.0 Å². The summed E-state index contributed by atoms with van der Waals surface area (Å²) in [6.45, 7) is 12.3. The van der Waals surface area contributed by atoms with Gasteiger partial charge in [-0.2, -0.15) is 0 Å². The first-order valence-corrected chi connectivity index (χ1v) is 19.5. The van der Waals surface area contributed by atoms with Crippen molar-refractivity contribution in [3.8, 4) is 0 Å². The predicted octanol–water partition coefficient (Wildman–Crippen LogP) is 5.20.